The molecule has 0 bridgehead atoms. The van der Waals surface area contributed by atoms with Crippen LogP contribution in [-0.2, 0) is 16.1 Å². The Bertz CT molecular complexity index is 432. The predicted octanol–water partition coefficient (Wildman–Crippen LogP) is 1.22. The Balaban J connectivity index is 2.37. The van der Waals surface area contributed by atoms with E-state index in [1.165, 1.54) is 7.11 Å². The summed E-state index contributed by atoms with van der Waals surface area (Å²) >= 11 is 0. The van der Waals surface area contributed by atoms with Gasteiger partial charge in [0.15, 0.2) is 0 Å². The summed E-state index contributed by atoms with van der Waals surface area (Å²) in [5, 5.41) is 3.23. The fourth-order valence-corrected chi connectivity index (χ4v) is 1.76. The normalized spacial score (nSPS) is 10.2. The molecule has 3 N–H and O–H groups in total. The molecule has 5 nitrogen and oxygen atoms in total. The number of benzene rings is 1. The van der Waals surface area contributed by atoms with Gasteiger partial charge in [-0.25, -0.2) is 4.79 Å². The molecule has 0 saturated heterocycles. The van der Waals surface area contributed by atoms with Crippen molar-refractivity contribution in [3.63, 3.8) is 0 Å². The number of methoxy groups -OCH3 is 1. The molecule has 1 aromatic carbocycles. The van der Waals surface area contributed by atoms with Crippen molar-refractivity contribution in [2.24, 2.45) is 5.73 Å². The summed E-state index contributed by atoms with van der Waals surface area (Å²) < 4.78 is 4.73. The zero-order valence-electron chi connectivity index (χ0n) is 11.1. The maximum atomic E-state index is 11.5. The Morgan fingerprint density at radius 2 is 2.00 bits per heavy atom. The van der Waals surface area contributed by atoms with E-state index in [2.05, 4.69) is 5.32 Å². The molecule has 1 rings (SSSR count). The number of hydrogen-bond donors (Lipinski definition) is 2. The van der Waals surface area contributed by atoms with E-state index in [1.807, 2.05) is 18.2 Å². The van der Waals surface area contributed by atoms with E-state index < -0.39 is 0 Å². The van der Waals surface area contributed by atoms with E-state index in [1.54, 1.807) is 6.07 Å². The number of carbonyl (C=O) groups is 2. The summed E-state index contributed by atoms with van der Waals surface area (Å²) in [7, 11) is 1.37. The lowest BCUT2D eigenvalue weighted by Crippen LogP contribution is -2.18. The summed E-state index contributed by atoms with van der Waals surface area (Å²) in [6.07, 6.45) is 2.07. The molecule has 0 aromatic heterocycles. The maximum Gasteiger partial charge on any atom is 0.338 e. The van der Waals surface area contributed by atoms with Gasteiger partial charge in [0, 0.05) is 13.0 Å². The lowest BCUT2D eigenvalue weighted by molar-refractivity contribution is -0.118. The van der Waals surface area contributed by atoms with Crippen LogP contribution in [0.25, 0.3) is 0 Å². The molecule has 0 aliphatic heterocycles. The number of rotatable bonds is 8. The van der Waals surface area contributed by atoms with E-state index in [-0.39, 0.29) is 11.9 Å². The van der Waals surface area contributed by atoms with E-state index in [0.717, 1.165) is 24.9 Å². The fraction of sp³-hybridized carbons (Fsp3) is 0.429. The minimum Gasteiger partial charge on any atom is -0.465 e. The lowest BCUT2D eigenvalue weighted by Gasteiger charge is -2.08. The molecule has 0 aliphatic rings. The number of nitrogens with one attached hydrogen (secondary N) is 1. The monoisotopic (exact) mass is 264 g/mol. The van der Waals surface area contributed by atoms with Crippen molar-refractivity contribution in [1.29, 1.82) is 0 Å². The number of ether oxygens (including phenoxy) is 1. The van der Waals surface area contributed by atoms with Gasteiger partial charge in [-0.3, -0.25) is 4.79 Å². The van der Waals surface area contributed by atoms with E-state index in [4.69, 9.17) is 10.5 Å². The molecule has 0 radical (unpaired) electrons. The van der Waals surface area contributed by atoms with Gasteiger partial charge in [0.1, 0.15) is 0 Å². The number of hydrogen-bond acceptors (Lipinski definition) is 4. The number of nitrogens with two attached hydrogens (primary N) is 1. The van der Waals surface area contributed by atoms with Crippen LogP contribution < -0.4 is 11.1 Å². The van der Waals surface area contributed by atoms with Gasteiger partial charge >= 0.3 is 5.97 Å². The van der Waals surface area contributed by atoms with Gasteiger partial charge in [0.2, 0.25) is 5.91 Å². The molecule has 1 amide bonds. The first-order valence-corrected chi connectivity index (χ1v) is 6.30. The summed E-state index contributed by atoms with van der Waals surface area (Å²) in [6.45, 7) is 1.38. The first kappa shape index (κ1) is 15.2. The second-order valence-corrected chi connectivity index (χ2v) is 4.25. The van der Waals surface area contributed by atoms with Crippen LogP contribution in [0.5, 0.6) is 0 Å². The largest absolute Gasteiger partial charge is 0.465 e. The smallest absolute Gasteiger partial charge is 0.338 e. The van der Waals surface area contributed by atoms with E-state index >= 15 is 0 Å². The average molecular weight is 264 g/mol. The number of unbranched alkanes of at least 4 members (excludes halogenated alkanes) is 1. The molecule has 19 heavy (non-hydrogen) atoms. The van der Waals surface area contributed by atoms with Crippen LogP contribution in [0.2, 0.25) is 0 Å². The molecule has 0 aliphatic carbocycles. The van der Waals surface area contributed by atoms with Gasteiger partial charge in [-0.1, -0.05) is 18.2 Å². The Kier molecular flexibility index (Phi) is 6.60. The molecule has 5 heteroatoms. The molecular formula is C14H20N2O3. The molecule has 1 aromatic rings. The number of primary amides is 1. The van der Waals surface area contributed by atoms with E-state index in [0.29, 0.717) is 18.5 Å². The third kappa shape index (κ3) is 5.52. The highest BCUT2D eigenvalue weighted by Crippen LogP contribution is 2.09. The van der Waals surface area contributed by atoms with Crippen molar-refractivity contribution in [3.8, 4) is 0 Å². The topological polar surface area (TPSA) is 81.4 Å². The molecule has 104 valence electrons. The summed E-state index contributed by atoms with van der Waals surface area (Å²) in [6, 6.07) is 7.33. The van der Waals surface area contributed by atoms with Crippen LogP contribution >= 0.6 is 0 Å². The molecule has 0 unspecified atom stereocenters. The minimum absolute atomic E-state index is 0.268. The third-order valence-electron chi connectivity index (χ3n) is 2.76. The van der Waals surface area contributed by atoms with Crippen LogP contribution in [0.4, 0.5) is 0 Å². The highest BCUT2D eigenvalue weighted by Gasteiger charge is 2.09. The summed E-state index contributed by atoms with van der Waals surface area (Å²) in [5.41, 5.74) is 6.54. The highest BCUT2D eigenvalue weighted by molar-refractivity contribution is 5.90. The maximum absolute atomic E-state index is 11.5. The second-order valence-electron chi connectivity index (χ2n) is 4.25. The lowest BCUT2D eigenvalue weighted by atomic mass is 10.1. The quantitative estimate of drug-likeness (QED) is 0.546. The van der Waals surface area contributed by atoms with E-state index in [9.17, 15) is 9.59 Å². The van der Waals surface area contributed by atoms with Crippen molar-refractivity contribution in [2.45, 2.75) is 25.8 Å². The zero-order valence-corrected chi connectivity index (χ0v) is 11.1. The Morgan fingerprint density at radius 1 is 1.26 bits per heavy atom. The van der Waals surface area contributed by atoms with Crippen molar-refractivity contribution in [1.82, 2.24) is 5.32 Å². The van der Waals surface area contributed by atoms with Gasteiger partial charge in [0.05, 0.1) is 12.7 Å². The van der Waals surface area contributed by atoms with Crippen molar-refractivity contribution < 1.29 is 14.3 Å². The SMILES string of the molecule is COC(=O)c1ccccc1CNCCCCC(N)=O. The van der Waals surface area contributed by atoms with Crippen molar-refractivity contribution in [2.75, 3.05) is 13.7 Å². The minimum atomic E-state index is -0.328. The molecular weight excluding hydrogens is 244 g/mol. The van der Waals surface area contributed by atoms with Gasteiger partial charge in [-0.05, 0) is 31.0 Å². The number of amides is 1. The van der Waals surface area contributed by atoms with Crippen LogP contribution in [0.3, 0.4) is 0 Å². The standard InChI is InChI=1S/C14H20N2O3/c1-19-14(18)12-7-3-2-6-11(12)10-16-9-5-4-8-13(15)17/h2-3,6-7,16H,4-5,8-10H2,1H3,(H2,15,17). The Morgan fingerprint density at radius 3 is 2.68 bits per heavy atom. The summed E-state index contributed by atoms with van der Waals surface area (Å²) in [4.78, 5) is 22.1. The first-order valence-electron chi connectivity index (χ1n) is 6.30. The fourth-order valence-electron chi connectivity index (χ4n) is 1.76. The second kappa shape index (κ2) is 8.26. The number of esters is 1. The van der Waals surface area contributed by atoms with Crippen molar-refractivity contribution in [3.05, 3.63) is 35.4 Å². The molecule has 0 atom stereocenters. The van der Waals surface area contributed by atoms with Crippen molar-refractivity contribution >= 4 is 11.9 Å². The molecule has 0 heterocycles. The van der Waals surface area contributed by atoms with Gasteiger partial charge < -0.3 is 15.8 Å². The molecule has 0 saturated carbocycles. The zero-order chi connectivity index (χ0) is 14.1. The predicted molar refractivity (Wildman–Crippen MR) is 72.5 cm³/mol. The van der Waals surface area contributed by atoms with Gasteiger partial charge in [-0.15, -0.1) is 0 Å². The molecule has 0 spiro atoms. The average Bonchev–Trinajstić information content (AvgIpc) is 2.42. The number of carbonyl (C=O) groups excluding carboxylic acids is 2. The van der Waals surface area contributed by atoms with Gasteiger partial charge in [-0.2, -0.15) is 0 Å². The third-order valence-corrected chi connectivity index (χ3v) is 2.76. The summed E-state index contributed by atoms with van der Waals surface area (Å²) in [5.74, 6) is -0.595. The first-order chi connectivity index (χ1) is 9.15. The van der Waals surface area contributed by atoms with Crippen LogP contribution in [0.1, 0.15) is 35.2 Å². The van der Waals surface area contributed by atoms with Gasteiger partial charge in [0.25, 0.3) is 0 Å². The Hall–Kier alpha value is -1.88. The highest BCUT2D eigenvalue weighted by atomic mass is 16.5. The van der Waals surface area contributed by atoms with Crippen LogP contribution in [-0.4, -0.2) is 25.5 Å². The Labute approximate surface area is 113 Å². The van der Waals surface area contributed by atoms with Crippen LogP contribution in [0, 0.1) is 0 Å². The van der Waals surface area contributed by atoms with Crippen LogP contribution in [0.15, 0.2) is 24.3 Å². The molecule has 0 fully saturated rings.